The van der Waals surface area contributed by atoms with E-state index in [1.807, 2.05) is 18.2 Å². The molecule has 218 valence electrons. The topological polar surface area (TPSA) is 111 Å². The first kappa shape index (κ1) is 29.1. The van der Waals surface area contributed by atoms with Crippen molar-refractivity contribution >= 4 is 33.5 Å². The number of benzene rings is 2. The van der Waals surface area contributed by atoms with Gasteiger partial charge >= 0.3 is 5.97 Å². The number of hydrogen-bond acceptors (Lipinski definition) is 7. The number of para-hydroxylation sites is 1. The first-order chi connectivity index (χ1) is 19.4. The molecule has 0 amide bonds. The molecule has 1 saturated heterocycles. The largest absolute Gasteiger partial charge is 0.478 e. The van der Waals surface area contributed by atoms with Crippen LogP contribution in [0.15, 0.2) is 48.7 Å². The number of likely N-dealkylation sites (tertiary alicyclic amines) is 1. The number of carboxylic acid groups (broad SMARTS) is 1. The van der Waals surface area contributed by atoms with Gasteiger partial charge in [-0.25, -0.2) is 22.6 Å². The molecule has 2 aromatic carbocycles. The third-order valence-corrected chi connectivity index (χ3v) is 8.63. The van der Waals surface area contributed by atoms with Crippen LogP contribution in [0.5, 0.6) is 11.5 Å². The molecule has 2 aliphatic rings. The molecule has 9 nitrogen and oxygen atoms in total. The number of carboxylic acids is 1. The predicted octanol–water partition coefficient (Wildman–Crippen LogP) is 4.84. The van der Waals surface area contributed by atoms with Gasteiger partial charge in [0, 0.05) is 36.4 Å². The van der Waals surface area contributed by atoms with Crippen molar-refractivity contribution in [3.05, 3.63) is 82.2 Å². The average Bonchev–Trinajstić information content (AvgIpc) is 3.45. The summed E-state index contributed by atoms with van der Waals surface area (Å²) < 4.78 is 52.5. The maximum Gasteiger partial charge on any atom is 0.328 e. The number of imidazole rings is 1. The van der Waals surface area contributed by atoms with E-state index >= 15 is 0 Å². The molecule has 1 fully saturated rings. The number of ether oxygens (including phenoxy) is 2. The molecule has 1 unspecified atom stereocenters. The second-order valence-electron chi connectivity index (χ2n) is 10.6. The third-order valence-electron chi connectivity index (χ3n) is 7.48. The Labute approximate surface area is 243 Å². The van der Waals surface area contributed by atoms with Crippen LogP contribution in [-0.4, -0.2) is 59.0 Å². The summed E-state index contributed by atoms with van der Waals surface area (Å²) in [7, 11) is -3.22. The fourth-order valence-corrected chi connectivity index (χ4v) is 6.07. The molecule has 0 radical (unpaired) electrons. The first-order valence-electron chi connectivity index (χ1n) is 13.2. The molecule has 5 rings (SSSR count). The van der Waals surface area contributed by atoms with Crippen molar-refractivity contribution in [2.75, 3.05) is 25.1 Å². The van der Waals surface area contributed by atoms with Gasteiger partial charge in [-0.15, -0.1) is 0 Å². The summed E-state index contributed by atoms with van der Waals surface area (Å²) >= 11 is 5.94. The van der Waals surface area contributed by atoms with Crippen LogP contribution in [0.25, 0.3) is 6.08 Å². The lowest BCUT2D eigenvalue weighted by Crippen LogP contribution is -2.34. The van der Waals surface area contributed by atoms with Crippen LogP contribution in [-0.2, 0) is 33.5 Å². The predicted molar refractivity (Wildman–Crippen MR) is 152 cm³/mol. The van der Waals surface area contributed by atoms with Crippen molar-refractivity contribution in [1.29, 1.82) is 0 Å². The van der Waals surface area contributed by atoms with Crippen LogP contribution in [0.2, 0.25) is 5.02 Å². The van der Waals surface area contributed by atoms with Crippen LogP contribution >= 0.6 is 11.6 Å². The second-order valence-corrected chi connectivity index (χ2v) is 13.2. The number of hydrogen-bond donors (Lipinski definition) is 1. The molecule has 0 bridgehead atoms. The molecule has 1 atom stereocenters. The number of carbonyl (C=O) groups is 1. The molecule has 2 aliphatic heterocycles. The van der Waals surface area contributed by atoms with Crippen molar-refractivity contribution in [2.24, 2.45) is 0 Å². The highest BCUT2D eigenvalue weighted by atomic mass is 35.5. The van der Waals surface area contributed by atoms with Crippen molar-refractivity contribution in [1.82, 2.24) is 14.5 Å². The lowest BCUT2D eigenvalue weighted by Gasteiger charge is -2.32. The molecule has 0 spiro atoms. The maximum absolute atomic E-state index is 14.7. The molecular formula is C29H31ClFN3O6S. The molecule has 3 heterocycles. The van der Waals surface area contributed by atoms with Gasteiger partial charge in [0.2, 0.25) is 0 Å². The van der Waals surface area contributed by atoms with E-state index in [0.717, 1.165) is 37.6 Å². The van der Waals surface area contributed by atoms with E-state index in [1.165, 1.54) is 18.4 Å². The van der Waals surface area contributed by atoms with E-state index in [-0.39, 0.29) is 23.8 Å². The average molecular weight is 604 g/mol. The third kappa shape index (κ3) is 6.58. The number of aliphatic carboxylic acids is 1. The number of halogens is 2. The fraction of sp³-hybridized carbons (Fsp3) is 0.379. The zero-order valence-corrected chi connectivity index (χ0v) is 24.3. The van der Waals surface area contributed by atoms with Gasteiger partial charge in [-0.3, -0.25) is 4.90 Å². The monoisotopic (exact) mass is 603 g/mol. The van der Waals surface area contributed by atoms with Gasteiger partial charge in [-0.1, -0.05) is 23.7 Å². The summed E-state index contributed by atoms with van der Waals surface area (Å²) in [5.41, 5.74) is 1.82. The SMILES string of the molecule is CC1(c2ccc(Cl)cc2F)Oc2cccc(C3CCN(Cc4ncc(/C=C/C(=O)O)n4CCS(C)(=O)=O)CC3)c2O1. The number of nitrogens with zero attached hydrogens (tertiary/aromatic N) is 3. The zero-order valence-electron chi connectivity index (χ0n) is 22.7. The number of sulfone groups is 1. The van der Waals surface area contributed by atoms with E-state index in [1.54, 1.807) is 29.8 Å². The van der Waals surface area contributed by atoms with Crippen molar-refractivity contribution < 1.29 is 32.2 Å². The van der Waals surface area contributed by atoms with E-state index in [0.29, 0.717) is 34.6 Å². The highest BCUT2D eigenvalue weighted by Crippen LogP contribution is 2.49. The lowest BCUT2D eigenvalue weighted by atomic mass is 9.88. The van der Waals surface area contributed by atoms with Gasteiger partial charge in [0.05, 0.1) is 29.8 Å². The van der Waals surface area contributed by atoms with Crippen LogP contribution < -0.4 is 9.47 Å². The minimum absolute atomic E-state index is 0.0770. The molecule has 1 aromatic heterocycles. The summed E-state index contributed by atoms with van der Waals surface area (Å²) in [5.74, 6) is -0.929. The Bertz CT molecular complexity index is 1600. The van der Waals surface area contributed by atoms with Gasteiger partial charge in [-0.2, -0.15) is 0 Å². The number of aromatic nitrogens is 2. The standard InChI is InChI=1S/C29H31ClFN3O6S/c1-29(23-8-6-20(30)16-24(23)31)39-25-5-3-4-22(28(25)40-29)19-10-12-33(13-11-19)18-26-32-17-21(7-9-27(35)36)34(26)14-15-41(2,37)38/h3-9,16-17,19H,10-15,18H2,1-2H3,(H,35,36)/b9-7+. The minimum Gasteiger partial charge on any atom is -0.478 e. The minimum atomic E-state index is -3.22. The Kier molecular flexibility index (Phi) is 8.13. The molecule has 3 aromatic rings. The molecule has 1 N–H and O–H groups in total. The Hall–Kier alpha value is -3.41. The molecule has 0 aliphatic carbocycles. The van der Waals surface area contributed by atoms with Gasteiger partial charge < -0.3 is 19.1 Å². The normalized spacial score (nSPS) is 19.7. The lowest BCUT2D eigenvalue weighted by molar-refractivity contribution is -0.131. The van der Waals surface area contributed by atoms with E-state index < -0.39 is 27.4 Å². The van der Waals surface area contributed by atoms with Gasteiger partial charge in [-0.05, 0) is 62.2 Å². The molecule has 41 heavy (non-hydrogen) atoms. The zero-order chi connectivity index (χ0) is 29.4. The van der Waals surface area contributed by atoms with Gasteiger partial charge in [0.25, 0.3) is 5.79 Å². The van der Waals surface area contributed by atoms with Gasteiger partial charge in [0.1, 0.15) is 21.5 Å². The Morgan fingerprint density at radius 1 is 1.24 bits per heavy atom. The van der Waals surface area contributed by atoms with Crippen molar-refractivity contribution in [2.45, 2.75) is 44.6 Å². The van der Waals surface area contributed by atoms with E-state index in [4.69, 9.17) is 26.2 Å². The smallest absolute Gasteiger partial charge is 0.328 e. The number of rotatable bonds is 9. The fourth-order valence-electron chi connectivity index (χ4n) is 5.40. The Morgan fingerprint density at radius 3 is 2.68 bits per heavy atom. The quantitative estimate of drug-likeness (QED) is 0.346. The Balaban J connectivity index is 1.28. The first-order valence-corrected chi connectivity index (χ1v) is 15.7. The summed E-state index contributed by atoms with van der Waals surface area (Å²) in [6.07, 6.45) is 6.84. The second kappa shape index (κ2) is 11.5. The van der Waals surface area contributed by atoms with E-state index in [9.17, 15) is 17.6 Å². The van der Waals surface area contributed by atoms with Crippen LogP contribution in [0.4, 0.5) is 4.39 Å². The maximum atomic E-state index is 14.7. The van der Waals surface area contributed by atoms with Crippen LogP contribution in [0, 0.1) is 5.82 Å². The van der Waals surface area contributed by atoms with Crippen molar-refractivity contribution in [3.8, 4) is 11.5 Å². The summed E-state index contributed by atoms with van der Waals surface area (Å²) in [6, 6.07) is 10.2. The van der Waals surface area contributed by atoms with Crippen molar-refractivity contribution in [3.63, 3.8) is 0 Å². The molecule has 12 heteroatoms. The summed E-state index contributed by atoms with van der Waals surface area (Å²) in [5, 5.41) is 9.31. The molecule has 0 saturated carbocycles. The highest BCUT2D eigenvalue weighted by molar-refractivity contribution is 7.90. The summed E-state index contributed by atoms with van der Waals surface area (Å²) in [4.78, 5) is 17.7. The molecular weight excluding hydrogens is 573 g/mol. The number of piperidine rings is 1. The Morgan fingerprint density at radius 2 is 2.00 bits per heavy atom. The summed E-state index contributed by atoms with van der Waals surface area (Å²) in [6.45, 7) is 3.90. The van der Waals surface area contributed by atoms with Crippen LogP contribution in [0.1, 0.15) is 48.3 Å². The van der Waals surface area contributed by atoms with Crippen LogP contribution in [0.3, 0.4) is 0 Å². The van der Waals surface area contributed by atoms with Gasteiger partial charge in [0.15, 0.2) is 11.5 Å². The number of fused-ring (bicyclic) bond motifs is 1. The van der Waals surface area contributed by atoms with E-state index in [2.05, 4.69) is 9.88 Å². The highest BCUT2D eigenvalue weighted by Gasteiger charge is 2.43.